The Balaban J connectivity index is 2.24. The van der Waals surface area contributed by atoms with Crippen LogP contribution in [-0.2, 0) is 14.8 Å². The minimum absolute atomic E-state index is 0.0112. The number of hydrogen-bond acceptors (Lipinski definition) is 5. The van der Waals surface area contributed by atoms with Crippen LogP contribution in [-0.4, -0.2) is 24.6 Å². The van der Waals surface area contributed by atoms with Crippen molar-refractivity contribution in [2.75, 3.05) is 4.72 Å². The summed E-state index contributed by atoms with van der Waals surface area (Å²) in [6.45, 7) is 0. The van der Waals surface area contributed by atoms with E-state index < -0.39 is 15.9 Å². The van der Waals surface area contributed by atoms with Gasteiger partial charge in [0, 0.05) is 11.8 Å². The second-order valence-corrected chi connectivity index (χ2v) is 6.22. The van der Waals surface area contributed by atoms with Crippen molar-refractivity contribution in [1.82, 2.24) is 5.48 Å². The lowest BCUT2D eigenvalue weighted by Crippen LogP contribution is -2.15. The van der Waals surface area contributed by atoms with E-state index in [1.54, 1.807) is 6.07 Å². The zero-order valence-electron chi connectivity index (χ0n) is 11.8. The van der Waals surface area contributed by atoms with E-state index in [1.807, 2.05) is 0 Å². The van der Waals surface area contributed by atoms with E-state index in [0.717, 1.165) is 6.08 Å². The highest BCUT2D eigenvalue weighted by Gasteiger charge is 2.14. The molecule has 2 rings (SSSR count). The van der Waals surface area contributed by atoms with Crippen molar-refractivity contribution >= 4 is 27.7 Å². The number of hydrogen-bond donors (Lipinski definition) is 4. The molecule has 2 aromatic carbocycles. The number of benzene rings is 2. The summed E-state index contributed by atoms with van der Waals surface area (Å²) < 4.78 is 27.0. The van der Waals surface area contributed by atoms with E-state index in [0.29, 0.717) is 11.3 Å². The van der Waals surface area contributed by atoms with Crippen LogP contribution in [0.25, 0.3) is 6.08 Å². The Bertz CT molecular complexity index is 829. The number of rotatable bonds is 5. The van der Waals surface area contributed by atoms with Gasteiger partial charge in [-0.25, -0.2) is 13.9 Å². The number of aromatic hydroxyl groups is 1. The van der Waals surface area contributed by atoms with Gasteiger partial charge in [-0.3, -0.25) is 14.7 Å². The van der Waals surface area contributed by atoms with Gasteiger partial charge in [0.1, 0.15) is 5.75 Å². The van der Waals surface area contributed by atoms with Crippen LogP contribution in [0.2, 0.25) is 0 Å². The summed E-state index contributed by atoms with van der Waals surface area (Å²) in [7, 11) is -3.81. The highest BCUT2D eigenvalue weighted by molar-refractivity contribution is 7.92. The predicted molar refractivity (Wildman–Crippen MR) is 84.3 cm³/mol. The summed E-state index contributed by atoms with van der Waals surface area (Å²) >= 11 is 0. The Morgan fingerprint density at radius 2 is 1.78 bits per heavy atom. The molecule has 0 aliphatic rings. The van der Waals surface area contributed by atoms with Gasteiger partial charge in [0.25, 0.3) is 15.9 Å². The van der Waals surface area contributed by atoms with E-state index in [-0.39, 0.29) is 10.6 Å². The maximum absolute atomic E-state index is 12.3. The quantitative estimate of drug-likeness (QED) is 0.287. The fraction of sp³-hybridized carbons (Fsp3) is 0. The molecule has 0 saturated carbocycles. The number of phenols is 1. The van der Waals surface area contributed by atoms with Crippen LogP contribution in [0, 0.1) is 0 Å². The third-order valence-electron chi connectivity index (χ3n) is 2.83. The van der Waals surface area contributed by atoms with Gasteiger partial charge in [0.05, 0.1) is 4.90 Å². The van der Waals surface area contributed by atoms with Crippen molar-refractivity contribution in [3.63, 3.8) is 0 Å². The third kappa shape index (κ3) is 4.56. The molecule has 0 unspecified atom stereocenters. The highest BCUT2D eigenvalue weighted by atomic mass is 32.2. The highest BCUT2D eigenvalue weighted by Crippen LogP contribution is 2.19. The first-order valence-corrected chi connectivity index (χ1v) is 7.93. The van der Waals surface area contributed by atoms with E-state index in [9.17, 15) is 18.3 Å². The number of amides is 1. The first kappa shape index (κ1) is 16.5. The topological polar surface area (TPSA) is 116 Å². The van der Waals surface area contributed by atoms with Crippen molar-refractivity contribution in [2.45, 2.75) is 4.90 Å². The van der Waals surface area contributed by atoms with Crippen LogP contribution in [0.5, 0.6) is 5.75 Å². The zero-order chi connectivity index (χ0) is 16.9. The standard InChI is InChI=1S/C15H14N2O5S/c18-13-7-5-12(6-8-13)17-23(21,22)14-3-1-2-11(10-14)4-9-15(19)16-20/h1-10,17-18,20H,(H,16,19)/b9-4+. The summed E-state index contributed by atoms with van der Waals surface area (Å²) in [4.78, 5) is 10.9. The maximum Gasteiger partial charge on any atom is 0.267 e. The second-order valence-electron chi connectivity index (χ2n) is 4.53. The number of hydroxylamine groups is 1. The number of nitrogens with one attached hydrogen (secondary N) is 2. The molecule has 0 aromatic heterocycles. The number of carbonyl (C=O) groups is 1. The largest absolute Gasteiger partial charge is 0.508 e. The normalized spacial score (nSPS) is 11.3. The Morgan fingerprint density at radius 3 is 2.43 bits per heavy atom. The molecule has 2 aromatic rings. The van der Waals surface area contributed by atoms with Crippen molar-refractivity contribution < 1.29 is 23.5 Å². The average Bonchev–Trinajstić information content (AvgIpc) is 2.55. The minimum Gasteiger partial charge on any atom is -0.508 e. The molecular weight excluding hydrogens is 320 g/mol. The smallest absolute Gasteiger partial charge is 0.267 e. The Morgan fingerprint density at radius 1 is 1.09 bits per heavy atom. The molecule has 0 aliphatic carbocycles. The third-order valence-corrected chi connectivity index (χ3v) is 4.20. The summed E-state index contributed by atoms with van der Waals surface area (Å²) in [5.41, 5.74) is 2.22. The van der Waals surface area contributed by atoms with Crippen molar-refractivity contribution in [2.24, 2.45) is 0 Å². The molecule has 0 spiro atoms. The van der Waals surface area contributed by atoms with Gasteiger partial charge in [-0.05, 0) is 48.0 Å². The molecule has 0 radical (unpaired) electrons. The Labute approximate surface area is 132 Å². The van der Waals surface area contributed by atoms with Gasteiger partial charge in [-0.2, -0.15) is 0 Å². The van der Waals surface area contributed by atoms with Crippen LogP contribution >= 0.6 is 0 Å². The van der Waals surface area contributed by atoms with Crippen molar-refractivity contribution in [1.29, 1.82) is 0 Å². The summed E-state index contributed by atoms with van der Waals surface area (Å²) in [5, 5.41) is 17.6. The Hall–Kier alpha value is -2.84. The van der Waals surface area contributed by atoms with Gasteiger partial charge >= 0.3 is 0 Å². The number of anilines is 1. The molecule has 23 heavy (non-hydrogen) atoms. The summed E-state index contributed by atoms with van der Waals surface area (Å²) in [6.07, 6.45) is 2.43. The molecule has 120 valence electrons. The molecule has 8 heteroatoms. The lowest BCUT2D eigenvalue weighted by atomic mass is 10.2. The van der Waals surface area contributed by atoms with Gasteiger partial charge < -0.3 is 5.11 Å². The van der Waals surface area contributed by atoms with Crippen LogP contribution in [0.4, 0.5) is 5.69 Å². The summed E-state index contributed by atoms with van der Waals surface area (Å²) in [6, 6.07) is 11.5. The monoisotopic (exact) mass is 334 g/mol. The first-order chi connectivity index (χ1) is 10.9. The lowest BCUT2D eigenvalue weighted by molar-refractivity contribution is -0.124. The molecule has 7 nitrogen and oxygen atoms in total. The predicted octanol–water partition coefficient (Wildman–Crippen LogP) is 1.71. The van der Waals surface area contributed by atoms with Gasteiger partial charge in [-0.15, -0.1) is 0 Å². The molecule has 0 bridgehead atoms. The van der Waals surface area contributed by atoms with Gasteiger partial charge in [0.15, 0.2) is 0 Å². The van der Waals surface area contributed by atoms with E-state index >= 15 is 0 Å². The van der Waals surface area contributed by atoms with E-state index in [4.69, 9.17) is 5.21 Å². The van der Waals surface area contributed by atoms with Crippen molar-refractivity contribution in [3.05, 3.63) is 60.2 Å². The molecular formula is C15H14N2O5S. The molecule has 0 heterocycles. The zero-order valence-corrected chi connectivity index (χ0v) is 12.6. The fourth-order valence-electron chi connectivity index (χ4n) is 1.74. The van der Waals surface area contributed by atoms with E-state index in [1.165, 1.54) is 54.0 Å². The van der Waals surface area contributed by atoms with Crippen LogP contribution in [0.1, 0.15) is 5.56 Å². The van der Waals surface area contributed by atoms with Crippen LogP contribution in [0.15, 0.2) is 59.5 Å². The Kier molecular flexibility index (Phi) is 4.99. The van der Waals surface area contributed by atoms with E-state index in [2.05, 4.69) is 4.72 Å². The van der Waals surface area contributed by atoms with Gasteiger partial charge in [0.2, 0.25) is 0 Å². The molecule has 1 amide bonds. The lowest BCUT2D eigenvalue weighted by Gasteiger charge is -2.08. The average molecular weight is 334 g/mol. The number of phenolic OH excluding ortho intramolecular Hbond substituents is 1. The van der Waals surface area contributed by atoms with Crippen LogP contribution in [0.3, 0.4) is 0 Å². The van der Waals surface area contributed by atoms with Crippen LogP contribution < -0.4 is 10.2 Å². The second kappa shape index (κ2) is 6.95. The SMILES string of the molecule is O=C(/C=C/c1cccc(S(=O)(=O)Nc2ccc(O)cc2)c1)NO. The molecule has 0 aliphatic heterocycles. The first-order valence-electron chi connectivity index (χ1n) is 6.45. The maximum atomic E-state index is 12.3. The molecule has 0 saturated heterocycles. The van der Waals surface area contributed by atoms with Crippen molar-refractivity contribution in [3.8, 4) is 5.75 Å². The molecule has 0 fully saturated rings. The molecule has 0 atom stereocenters. The number of sulfonamides is 1. The fourth-order valence-corrected chi connectivity index (χ4v) is 2.85. The van der Waals surface area contributed by atoms with Gasteiger partial charge in [-0.1, -0.05) is 12.1 Å². The summed E-state index contributed by atoms with van der Waals surface area (Å²) in [5.74, 6) is -0.692. The molecule has 4 N–H and O–H groups in total. The number of carbonyl (C=O) groups excluding carboxylic acids is 1. The minimum atomic E-state index is -3.81.